The summed E-state index contributed by atoms with van der Waals surface area (Å²) in [5.41, 5.74) is -1.44. The van der Waals surface area contributed by atoms with E-state index in [4.69, 9.17) is 0 Å². The first-order valence-electron chi connectivity index (χ1n) is 3.62. The van der Waals surface area contributed by atoms with E-state index < -0.39 is 17.4 Å². The summed E-state index contributed by atoms with van der Waals surface area (Å²) in [5, 5.41) is 5.46. The largest absolute Gasteiger partial charge is 0.416 e. The van der Waals surface area contributed by atoms with E-state index in [0.717, 1.165) is 22.7 Å². The fourth-order valence-electron chi connectivity index (χ4n) is 1.08. The van der Waals surface area contributed by atoms with Crippen molar-refractivity contribution in [3.8, 4) is 0 Å². The van der Waals surface area contributed by atoms with Crippen LogP contribution in [0.3, 0.4) is 0 Å². The molecular formula is C7H4F3N3O. The lowest BCUT2D eigenvalue weighted by molar-refractivity contribution is -0.137. The van der Waals surface area contributed by atoms with Gasteiger partial charge in [-0.15, -0.1) is 0 Å². The average molecular weight is 203 g/mol. The Balaban J connectivity index is 2.69. The van der Waals surface area contributed by atoms with Crippen LogP contribution in [0.25, 0.3) is 5.65 Å². The molecule has 7 heteroatoms. The SMILES string of the molecule is O=c1[nH]nc2cc(C(F)(F)F)ccn12. The molecule has 2 heterocycles. The van der Waals surface area contributed by atoms with E-state index >= 15 is 0 Å². The zero-order valence-electron chi connectivity index (χ0n) is 6.67. The summed E-state index contributed by atoms with van der Waals surface area (Å²) >= 11 is 0. The van der Waals surface area contributed by atoms with Crippen LogP contribution in [0.5, 0.6) is 0 Å². The highest BCUT2D eigenvalue weighted by atomic mass is 19.4. The van der Waals surface area contributed by atoms with Crippen LogP contribution in [0.2, 0.25) is 0 Å². The van der Waals surface area contributed by atoms with Gasteiger partial charge in [-0.25, -0.2) is 9.89 Å². The minimum atomic E-state index is -4.42. The highest BCUT2D eigenvalue weighted by molar-refractivity contribution is 5.40. The monoisotopic (exact) mass is 203 g/mol. The van der Waals surface area contributed by atoms with Crippen molar-refractivity contribution in [2.24, 2.45) is 0 Å². The number of fused-ring (bicyclic) bond motifs is 1. The zero-order chi connectivity index (χ0) is 10.3. The number of rotatable bonds is 0. The van der Waals surface area contributed by atoms with Gasteiger partial charge < -0.3 is 0 Å². The van der Waals surface area contributed by atoms with Crippen molar-refractivity contribution in [3.05, 3.63) is 34.4 Å². The van der Waals surface area contributed by atoms with Crippen molar-refractivity contribution in [3.63, 3.8) is 0 Å². The Morgan fingerprint density at radius 2 is 2.14 bits per heavy atom. The first kappa shape index (κ1) is 8.79. The van der Waals surface area contributed by atoms with Gasteiger partial charge in [0.2, 0.25) is 0 Å². The maximum atomic E-state index is 12.2. The molecule has 1 N–H and O–H groups in total. The molecule has 0 aliphatic rings. The van der Waals surface area contributed by atoms with Gasteiger partial charge in [-0.2, -0.15) is 18.3 Å². The van der Waals surface area contributed by atoms with Gasteiger partial charge >= 0.3 is 11.9 Å². The van der Waals surface area contributed by atoms with E-state index in [0.29, 0.717) is 0 Å². The molecule has 2 aromatic rings. The van der Waals surface area contributed by atoms with Gasteiger partial charge in [-0.05, 0) is 12.1 Å². The number of hydrogen-bond acceptors (Lipinski definition) is 2. The highest BCUT2D eigenvalue weighted by Crippen LogP contribution is 2.28. The van der Waals surface area contributed by atoms with Crippen molar-refractivity contribution < 1.29 is 13.2 Å². The number of aromatic amines is 1. The van der Waals surface area contributed by atoms with Gasteiger partial charge in [-0.3, -0.25) is 4.40 Å². The Morgan fingerprint density at radius 3 is 2.79 bits per heavy atom. The molecule has 0 fully saturated rings. The summed E-state index contributed by atoms with van der Waals surface area (Å²) in [6, 6.07) is 1.63. The lowest BCUT2D eigenvalue weighted by Crippen LogP contribution is -2.10. The second-order valence-electron chi connectivity index (χ2n) is 2.67. The second-order valence-corrected chi connectivity index (χ2v) is 2.67. The van der Waals surface area contributed by atoms with Crippen molar-refractivity contribution in [2.45, 2.75) is 6.18 Å². The molecule has 0 atom stereocenters. The van der Waals surface area contributed by atoms with Crippen LogP contribution >= 0.6 is 0 Å². The number of alkyl halides is 3. The first-order chi connectivity index (χ1) is 6.48. The molecule has 0 radical (unpaired) electrons. The molecule has 0 spiro atoms. The van der Waals surface area contributed by atoms with Gasteiger partial charge in [-0.1, -0.05) is 0 Å². The molecule has 2 aromatic heterocycles. The first-order valence-corrected chi connectivity index (χ1v) is 3.62. The van der Waals surface area contributed by atoms with Crippen molar-refractivity contribution in [1.29, 1.82) is 0 Å². The lowest BCUT2D eigenvalue weighted by Gasteiger charge is -2.05. The number of hydrogen-bond donors (Lipinski definition) is 1. The van der Waals surface area contributed by atoms with Gasteiger partial charge in [0, 0.05) is 6.20 Å². The summed E-state index contributed by atoms with van der Waals surface area (Å²) in [7, 11) is 0. The fraction of sp³-hybridized carbons (Fsp3) is 0.143. The molecule has 4 nitrogen and oxygen atoms in total. The van der Waals surface area contributed by atoms with Gasteiger partial charge in [0.1, 0.15) is 0 Å². The molecular weight excluding hydrogens is 199 g/mol. The number of aromatic nitrogens is 3. The summed E-state index contributed by atoms with van der Waals surface area (Å²) in [4.78, 5) is 10.9. The second kappa shape index (κ2) is 2.60. The lowest BCUT2D eigenvalue weighted by atomic mass is 10.2. The fourth-order valence-corrected chi connectivity index (χ4v) is 1.08. The standard InChI is InChI=1S/C7H4F3N3O/c8-7(9,10)4-1-2-13-5(3-4)11-12-6(13)14/h1-3H,(H,12,14). The van der Waals surface area contributed by atoms with E-state index in [1.165, 1.54) is 0 Å². The number of nitrogens with zero attached hydrogens (tertiary/aromatic N) is 2. The van der Waals surface area contributed by atoms with Crippen LogP contribution in [0.15, 0.2) is 23.1 Å². The van der Waals surface area contributed by atoms with Crippen LogP contribution in [0.1, 0.15) is 5.56 Å². The zero-order valence-corrected chi connectivity index (χ0v) is 6.67. The third-order valence-electron chi connectivity index (χ3n) is 1.75. The highest BCUT2D eigenvalue weighted by Gasteiger charge is 2.30. The smallest absolute Gasteiger partial charge is 0.250 e. The van der Waals surface area contributed by atoms with Gasteiger partial charge in [0.15, 0.2) is 5.65 Å². The Labute approximate surface area is 75.0 Å². The predicted octanol–water partition coefficient (Wildman–Crippen LogP) is 1.04. The summed E-state index contributed by atoms with van der Waals surface area (Å²) in [6.07, 6.45) is -3.39. The van der Waals surface area contributed by atoms with Crippen molar-refractivity contribution in [2.75, 3.05) is 0 Å². The Bertz CT molecular complexity index is 525. The molecule has 2 rings (SSSR count). The van der Waals surface area contributed by atoms with Crippen LogP contribution in [-0.2, 0) is 6.18 Å². The normalized spacial score (nSPS) is 12.2. The Kier molecular flexibility index (Phi) is 1.63. The molecule has 0 unspecified atom stereocenters. The molecule has 0 aliphatic heterocycles. The topological polar surface area (TPSA) is 50.2 Å². The molecule has 74 valence electrons. The van der Waals surface area contributed by atoms with Gasteiger partial charge in [0.05, 0.1) is 5.56 Å². The number of halogens is 3. The molecule has 0 saturated heterocycles. The third kappa shape index (κ3) is 1.26. The van der Waals surface area contributed by atoms with E-state index in [1.807, 2.05) is 5.10 Å². The summed E-state index contributed by atoms with van der Waals surface area (Å²) < 4.78 is 37.6. The minimum absolute atomic E-state index is 0.0511. The van der Waals surface area contributed by atoms with E-state index in [1.54, 1.807) is 0 Å². The maximum absolute atomic E-state index is 12.2. The average Bonchev–Trinajstić information content (AvgIpc) is 2.46. The Morgan fingerprint density at radius 1 is 1.43 bits per heavy atom. The molecule has 0 aliphatic carbocycles. The summed E-state index contributed by atoms with van der Waals surface area (Å²) in [5.74, 6) is 0. The Hall–Kier alpha value is -1.79. The summed E-state index contributed by atoms with van der Waals surface area (Å²) in [6.45, 7) is 0. The molecule has 0 bridgehead atoms. The van der Waals surface area contributed by atoms with E-state index in [2.05, 4.69) is 5.10 Å². The van der Waals surface area contributed by atoms with Crippen molar-refractivity contribution in [1.82, 2.24) is 14.6 Å². The number of H-pyrrole nitrogens is 1. The van der Waals surface area contributed by atoms with Crippen molar-refractivity contribution >= 4 is 5.65 Å². The van der Waals surface area contributed by atoms with Crippen LogP contribution in [0.4, 0.5) is 13.2 Å². The number of nitrogens with one attached hydrogen (secondary N) is 1. The molecule has 0 amide bonds. The molecule has 0 saturated carbocycles. The predicted molar refractivity (Wildman–Crippen MR) is 40.8 cm³/mol. The molecule has 14 heavy (non-hydrogen) atoms. The number of pyridine rings is 1. The molecule has 0 aromatic carbocycles. The van der Waals surface area contributed by atoms with Crippen LogP contribution in [-0.4, -0.2) is 14.6 Å². The minimum Gasteiger partial charge on any atom is -0.250 e. The van der Waals surface area contributed by atoms with Crippen LogP contribution < -0.4 is 5.69 Å². The van der Waals surface area contributed by atoms with Crippen LogP contribution in [0, 0.1) is 0 Å². The third-order valence-corrected chi connectivity index (χ3v) is 1.75. The van der Waals surface area contributed by atoms with E-state index in [9.17, 15) is 18.0 Å². The maximum Gasteiger partial charge on any atom is 0.416 e. The quantitative estimate of drug-likeness (QED) is 0.695. The van der Waals surface area contributed by atoms with E-state index in [-0.39, 0.29) is 5.65 Å². The van der Waals surface area contributed by atoms with Gasteiger partial charge in [0.25, 0.3) is 0 Å².